The second kappa shape index (κ2) is 9.76. The van der Waals surface area contributed by atoms with E-state index in [4.69, 9.17) is 4.74 Å². The number of aryl methyl sites for hydroxylation is 2. The lowest BCUT2D eigenvalue weighted by Crippen LogP contribution is -2.12. The molecule has 0 aliphatic carbocycles. The summed E-state index contributed by atoms with van der Waals surface area (Å²) in [5, 5.41) is 2.93. The second-order valence-corrected chi connectivity index (χ2v) is 6.11. The summed E-state index contributed by atoms with van der Waals surface area (Å²) in [5.74, 6) is 0.885. The smallest absolute Gasteiger partial charge is 0.224 e. The highest BCUT2D eigenvalue weighted by Gasteiger charge is 2.04. The molecule has 0 spiro atoms. The number of carbonyl (C=O) groups is 1. The van der Waals surface area contributed by atoms with Crippen LogP contribution in [0.5, 0.6) is 5.75 Å². The van der Waals surface area contributed by atoms with Gasteiger partial charge in [-0.05, 0) is 49.6 Å². The molecule has 0 heterocycles. The van der Waals surface area contributed by atoms with Gasteiger partial charge < -0.3 is 10.1 Å². The number of rotatable bonds is 9. The monoisotopic (exact) mass is 325 g/mol. The fourth-order valence-corrected chi connectivity index (χ4v) is 2.41. The van der Waals surface area contributed by atoms with Crippen molar-refractivity contribution in [3.8, 4) is 5.75 Å². The highest BCUT2D eigenvalue weighted by Crippen LogP contribution is 2.16. The molecule has 2 rings (SSSR count). The Morgan fingerprint density at radius 3 is 2.38 bits per heavy atom. The fourth-order valence-electron chi connectivity index (χ4n) is 2.41. The van der Waals surface area contributed by atoms with Gasteiger partial charge in [-0.1, -0.05) is 49.6 Å². The molecule has 0 saturated heterocycles. The average Bonchev–Trinajstić information content (AvgIpc) is 2.60. The molecule has 0 atom stereocenters. The van der Waals surface area contributed by atoms with Crippen LogP contribution in [0.25, 0.3) is 0 Å². The van der Waals surface area contributed by atoms with E-state index in [-0.39, 0.29) is 5.91 Å². The molecule has 0 aliphatic heterocycles. The van der Waals surface area contributed by atoms with E-state index < -0.39 is 0 Å². The molecule has 0 saturated carbocycles. The number of anilines is 1. The number of amides is 1. The summed E-state index contributed by atoms with van der Waals surface area (Å²) in [6.07, 6.45) is 4.70. The summed E-state index contributed by atoms with van der Waals surface area (Å²) in [4.78, 5) is 12.0. The summed E-state index contributed by atoms with van der Waals surface area (Å²) in [7, 11) is 0. The number of carbonyl (C=O) groups excluding carboxylic acids is 1. The maximum Gasteiger partial charge on any atom is 0.224 e. The van der Waals surface area contributed by atoms with Gasteiger partial charge in [0.25, 0.3) is 0 Å². The zero-order valence-corrected chi connectivity index (χ0v) is 14.7. The molecule has 1 N–H and O–H groups in total. The number of unbranched alkanes of at least 4 members (excludes halogenated alkanes) is 2. The van der Waals surface area contributed by atoms with Gasteiger partial charge >= 0.3 is 0 Å². The van der Waals surface area contributed by atoms with Gasteiger partial charge in [0.15, 0.2) is 0 Å². The van der Waals surface area contributed by atoms with E-state index in [9.17, 15) is 4.79 Å². The van der Waals surface area contributed by atoms with Gasteiger partial charge in [0, 0.05) is 12.1 Å². The summed E-state index contributed by atoms with van der Waals surface area (Å²) in [6.45, 7) is 4.99. The zero-order valence-electron chi connectivity index (χ0n) is 14.7. The van der Waals surface area contributed by atoms with Crippen LogP contribution in [0.15, 0.2) is 48.5 Å². The van der Waals surface area contributed by atoms with Gasteiger partial charge in [-0.2, -0.15) is 0 Å². The molecule has 128 valence electrons. The number of benzene rings is 2. The Kier molecular flexibility index (Phi) is 7.34. The van der Waals surface area contributed by atoms with Crippen LogP contribution in [-0.4, -0.2) is 12.5 Å². The summed E-state index contributed by atoms with van der Waals surface area (Å²) in [6, 6.07) is 15.9. The van der Waals surface area contributed by atoms with E-state index in [0.29, 0.717) is 6.42 Å². The van der Waals surface area contributed by atoms with Crippen LogP contribution in [0.1, 0.15) is 43.7 Å². The van der Waals surface area contributed by atoms with Gasteiger partial charge in [-0.3, -0.25) is 4.79 Å². The predicted molar refractivity (Wildman–Crippen MR) is 99.6 cm³/mol. The van der Waals surface area contributed by atoms with Crippen molar-refractivity contribution in [1.82, 2.24) is 0 Å². The van der Waals surface area contributed by atoms with Crippen LogP contribution in [0.3, 0.4) is 0 Å². The molecule has 3 heteroatoms. The lowest BCUT2D eigenvalue weighted by Gasteiger charge is -2.08. The minimum Gasteiger partial charge on any atom is -0.494 e. The minimum absolute atomic E-state index is 0.0344. The maximum atomic E-state index is 12.0. The van der Waals surface area contributed by atoms with Crippen molar-refractivity contribution in [2.45, 2.75) is 46.0 Å². The molecule has 24 heavy (non-hydrogen) atoms. The van der Waals surface area contributed by atoms with E-state index >= 15 is 0 Å². The quantitative estimate of drug-likeness (QED) is 0.649. The molecule has 0 aliphatic rings. The van der Waals surface area contributed by atoms with Crippen molar-refractivity contribution >= 4 is 11.6 Å². The lowest BCUT2D eigenvalue weighted by molar-refractivity contribution is -0.116. The minimum atomic E-state index is 0.0344. The number of nitrogens with one attached hydrogen (secondary N) is 1. The maximum absolute atomic E-state index is 12.0. The van der Waals surface area contributed by atoms with Crippen LogP contribution in [0.4, 0.5) is 5.69 Å². The zero-order chi connectivity index (χ0) is 17.2. The molecule has 2 aromatic carbocycles. The van der Waals surface area contributed by atoms with Crippen molar-refractivity contribution in [2.24, 2.45) is 0 Å². The first-order valence-electron chi connectivity index (χ1n) is 8.75. The second-order valence-electron chi connectivity index (χ2n) is 6.11. The molecular weight excluding hydrogens is 298 g/mol. The Morgan fingerprint density at radius 2 is 1.71 bits per heavy atom. The third-order valence-corrected chi connectivity index (χ3v) is 3.92. The Morgan fingerprint density at radius 1 is 1.00 bits per heavy atom. The first kappa shape index (κ1) is 18.1. The van der Waals surface area contributed by atoms with E-state index in [2.05, 4.69) is 43.4 Å². The highest BCUT2D eigenvalue weighted by molar-refractivity contribution is 5.90. The SMILES string of the molecule is CCCCCOc1ccc(NC(=O)CCc2ccc(C)cc2)cc1. The van der Waals surface area contributed by atoms with Crippen molar-refractivity contribution in [1.29, 1.82) is 0 Å². The van der Waals surface area contributed by atoms with Gasteiger partial charge in [0.1, 0.15) is 5.75 Å². The first-order valence-corrected chi connectivity index (χ1v) is 8.75. The summed E-state index contributed by atoms with van der Waals surface area (Å²) < 4.78 is 5.67. The van der Waals surface area contributed by atoms with Crippen molar-refractivity contribution < 1.29 is 9.53 Å². The third kappa shape index (κ3) is 6.45. The van der Waals surface area contributed by atoms with Crippen LogP contribution >= 0.6 is 0 Å². The largest absolute Gasteiger partial charge is 0.494 e. The number of hydrogen-bond acceptors (Lipinski definition) is 2. The van der Waals surface area contributed by atoms with Crippen LogP contribution in [-0.2, 0) is 11.2 Å². The van der Waals surface area contributed by atoms with E-state index in [1.165, 1.54) is 24.0 Å². The van der Waals surface area contributed by atoms with E-state index in [1.807, 2.05) is 24.3 Å². The van der Waals surface area contributed by atoms with Crippen LogP contribution in [0.2, 0.25) is 0 Å². The topological polar surface area (TPSA) is 38.3 Å². The van der Waals surface area contributed by atoms with Crippen molar-refractivity contribution in [3.05, 3.63) is 59.7 Å². The van der Waals surface area contributed by atoms with Gasteiger partial charge in [-0.25, -0.2) is 0 Å². The molecule has 2 aromatic rings. The van der Waals surface area contributed by atoms with Crippen molar-refractivity contribution in [2.75, 3.05) is 11.9 Å². The molecule has 0 radical (unpaired) electrons. The van der Waals surface area contributed by atoms with Gasteiger partial charge in [-0.15, -0.1) is 0 Å². The van der Waals surface area contributed by atoms with Crippen molar-refractivity contribution in [3.63, 3.8) is 0 Å². The Balaban J connectivity index is 1.74. The summed E-state index contributed by atoms with van der Waals surface area (Å²) in [5.41, 5.74) is 3.23. The average molecular weight is 325 g/mol. The van der Waals surface area contributed by atoms with Gasteiger partial charge in [0.2, 0.25) is 5.91 Å². The first-order chi connectivity index (χ1) is 11.7. The third-order valence-electron chi connectivity index (χ3n) is 3.92. The standard InChI is InChI=1S/C21H27NO2/c1-3-4-5-16-24-20-13-11-19(12-14-20)22-21(23)15-10-18-8-6-17(2)7-9-18/h6-9,11-14H,3-5,10,15-16H2,1-2H3,(H,22,23). The predicted octanol–water partition coefficient (Wildman–Crippen LogP) is 5.14. The molecular formula is C21H27NO2. The van der Waals surface area contributed by atoms with E-state index in [1.54, 1.807) is 0 Å². The van der Waals surface area contributed by atoms with Gasteiger partial charge in [0.05, 0.1) is 6.61 Å². The molecule has 0 fully saturated rings. The Labute approximate surface area is 145 Å². The Hall–Kier alpha value is -2.29. The molecule has 0 bridgehead atoms. The summed E-state index contributed by atoms with van der Waals surface area (Å²) >= 11 is 0. The normalized spacial score (nSPS) is 10.4. The number of hydrogen-bond donors (Lipinski definition) is 1. The number of ether oxygens (including phenoxy) is 1. The highest BCUT2D eigenvalue weighted by atomic mass is 16.5. The Bertz CT molecular complexity index is 617. The lowest BCUT2D eigenvalue weighted by atomic mass is 10.1. The molecule has 0 unspecified atom stereocenters. The van der Waals surface area contributed by atoms with Crippen LogP contribution in [0, 0.1) is 6.92 Å². The van der Waals surface area contributed by atoms with E-state index in [0.717, 1.165) is 30.9 Å². The molecule has 3 nitrogen and oxygen atoms in total. The molecule has 1 amide bonds. The fraction of sp³-hybridized carbons (Fsp3) is 0.381. The van der Waals surface area contributed by atoms with Crippen LogP contribution < -0.4 is 10.1 Å². The molecule has 0 aromatic heterocycles.